The van der Waals surface area contributed by atoms with E-state index in [9.17, 15) is 24.3 Å². The molecular weight excluding hydrogens is 282 g/mol. The van der Waals surface area contributed by atoms with E-state index in [4.69, 9.17) is 11.6 Å². The number of esters is 2. The van der Waals surface area contributed by atoms with E-state index < -0.39 is 48.1 Å². The van der Waals surface area contributed by atoms with Gasteiger partial charge in [-0.25, -0.2) is 4.79 Å². The van der Waals surface area contributed by atoms with Crippen LogP contribution in [0.2, 0.25) is 0 Å². The molecule has 9 heteroatoms. The van der Waals surface area contributed by atoms with Crippen LogP contribution in [0.5, 0.6) is 0 Å². The lowest BCUT2D eigenvalue weighted by Crippen LogP contribution is -2.57. The molecule has 0 aromatic heterocycles. The van der Waals surface area contributed by atoms with E-state index in [1.165, 1.54) is 0 Å². The molecular formula is C10H14ClNO7. The van der Waals surface area contributed by atoms with Crippen molar-refractivity contribution in [2.75, 3.05) is 20.1 Å². The highest BCUT2D eigenvalue weighted by Crippen LogP contribution is 2.18. The second-order valence-corrected chi connectivity index (χ2v) is 3.84. The van der Waals surface area contributed by atoms with Crippen LogP contribution in [0.25, 0.3) is 0 Å². The molecule has 0 fully saturated rings. The summed E-state index contributed by atoms with van der Waals surface area (Å²) in [5, 5.41) is 11.2. The Kier molecular flexibility index (Phi) is 6.84. The van der Waals surface area contributed by atoms with Gasteiger partial charge in [-0.05, 0) is 0 Å². The van der Waals surface area contributed by atoms with Gasteiger partial charge in [0, 0.05) is 0 Å². The van der Waals surface area contributed by atoms with Crippen LogP contribution in [0.15, 0.2) is 0 Å². The van der Waals surface area contributed by atoms with Crippen molar-refractivity contribution in [1.82, 2.24) is 5.32 Å². The molecule has 8 nitrogen and oxygen atoms in total. The van der Waals surface area contributed by atoms with E-state index in [1.807, 2.05) is 5.32 Å². The molecule has 0 spiro atoms. The first kappa shape index (κ1) is 17.2. The standard InChI is InChI=1S/C10H14ClNO7/c1-18-7(14)3-10(9(16)17,4-8(15)19-2)12-6(13)5-11/h3-5H2,1-2H3,(H,12,13)(H,16,17). The highest BCUT2D eigenvalue weighted by molar-refractivity contribution is 6.27. The van der Waals surface area contributed by atoms with Gasteiger partial charge in [0.05, 0.1) is 27.1 Å². The summed E-state index contributed by atoms with van der Waals surface area (Å²) in [5.41, 5.74) is -2.15. The molecule has 0 aromatic carbocycles. The van der Waals surface area contributed by atoms with Crippen LogP contribution in [0.1, 0.15) is 12.8 Å². The van der Waals surface area contributed by atoms with E-state index in [1.54, 1.807) is 0 Å². The lowest BCUT2D eigenvalue weighted by molar-refractivity contribution is -0.158. The van der Waals surface area contributed by atoms with Gasteiger partial charge < -0.3 is 19.9 Å². The minimum Gasteiger partial charge on any atom is -0.479 e. The van der Waals surface area contributed by atoms with Gasteiger partial charge in [-0.3, -0.25) is 14.4 Å². The van der Waals surface area contributed by atoms with Crippen LogP contribution in [-0.2, 0) is 28.7 Å². The Balaban J connectivity index is 5.33. The zero-order valence-corrected chi connectivity index (χ0v) is 11.2. The van der Waals surface area contributed by atoms with Gasteiger partial charge in [0.2, 0.25) is 5.91 Å². The highest BCUT2D eigenvalue weighted by Gasteiger charge is 2.45. The molecule has 0 heterocycles. The first-order valence-electron chi connectivity index (χ1n) is 5.05. The zero-order chi connectivity index (χ0) is 15.1. The molecule has 108 valence electrons. The zero-order valence-electron chi connectivity index (χ0n) is 10.4. The SMILES string of the molecule is COC(=O)CC(CC(=O)OC)(NC(=O)CCl)C(=O)O. The molecule has 0 aliphatic rings. The van der Waals surface area contributed by atoms with E-state index in [2.05, 4.69) is 9.47 Å². The Morgan fingerprint density at radius 3 is 1.79 bits per heavy atom. The molecule has 0 aliphatic heterocycles. The molecule has 0 saturated heterocycles. The molecule has 19 heavy (non-hydrogen) atoms. The average molecular weight is 296 g/mol. The average Bonchev–Trinajstić information content (AvgIpc) is 2.37. The van der Waals surface area contributed by atoms with Gasteiger partial charge in [0.25, 0.3) is 0 Å². The van der Waals surface area contributed by atoms with Crippen molar-refractivity contribution in [1.29, 1.82) is 0 Å². The molecule has 0 aliphatic carbocycles. The monoisotopic (exact) mass is 295 g/mol. The van der Waals surface area contributed by atoms with Crippen molar-refractivity contribution >= 4 is 35.4 Å². The third-order valence-electron chi connectivity index (χ3n) is 2.26. The van der Waals surface area contributed by atoms with Crippen LogP contribution >= 0.6 is 11.6 Å². The second-order valence-electron chi connectivity index (χ2n) is 3.57. The summed E-state index contributed by atoms with van der Waals surface area (Å²) in [6.45, 7) is 0. The summed E-state index contributed by atoms with van der Waals surface area (Å²) in [5.74, 6) is -4.72. The third-order valence-corrected chi connectivity index (χ3v) is 2.50. The maximum Gasteiger partial charge on any atom is 0.330 e. The minimum absolute atomic E-state index is 0.516. The Hall–Kier alpha value is -1.83. The number of halogens is 1. The third kappa shape index (κ3) is 5.12. The molecule has 0 aromatic rings. The lowest BCUT2D eigenvalue weighted by atomic mass is 9.91. The summed E-state index contributed by atoms with van der Waals surface area (Å²) in [6.07, 6.45) is -1.45. The number of ether oxygens (including phenoxy) is 2. The van der Waals surface area contributed by atoms with Crippen molar-refractivity contribution < 1.29 is 33.8 Å². The number of aliphatic carboxylic acids is 1. The molecule has 0 rings (SSSR count). The van der Waals surface area contributed by atoms with Crippen molar-refractivity contribution in [2.24, 2.45) is 0 Å². The van der Waals surface area contributed by atoms with E-state index in [0.717, 1.165) is 14.2 Å². The molecule has 0 unspecified atom stereocenters. The first-order valence-corrected chi connectivity index (χ1v) is 5.58. The van der Waals surface area contributed by atoms with Gasteiger partial charge in [-0.1, -0.05) is 0 Å². The number of methoxy groups -OCH3 is 2. The van der Waals surface area contributed by atoms with E-state index >= 15 is 0 Å². The maximum absolute atomic E-state index is 11.3. The van der Waals surface area contributed by atoms with Crippen molar-refractivity contribution in [2.45, 2.75) is 18.4 Å². The maximum atomic E-state index is 11.3. The fraction of sp³-hybridized carbons (Fsp3) is 0.600. The summed E-state index contributed by atoms with van der Waals surface area (Å²) >= 11 is 5.27. The Morgan fingerprint density at radius 1 is 1.11 bits per heavy atom. The van der Waals surface area contributed by atoms with Crippen LogP contribution in [-0.4, -0.2) is 54.6 Å². The number of nitrogens with one attached hydrogen (secondary N) is 1. The summed E-state index contributed by atoms with van der Waals surface area (Å²) in [7, 11) is 2.10. The fourth-order valence-corrected chi connectivity index (χ4v) is 1.36. The van der Waals surface area contributed by atoms with Gasteiger partial charge in [-0.15, -0.1) is 11.6 Å². The molecule has 0 bridgehead atoms. The topological polar surface area (TPSA) is 119 Å². The van der Waals surface area contributed by atoms with Gasteiger partial charge in [-0.2, -0.15) is 0 Å². The molecule has 0 atom stereocenters. The predicted octanol–water partition coefficient (Wildman–Crippen LogP) is -0.709. The normalized spacial score (nSPS) is 10.5. The van der Waals surface area contributed by atoms with Gasteiger partial charge in [0.1, 0.15) is 5.88 Å². The molecule has 0 saturated carbocycles. The Labute approximate surface area is 114 Å². The molecule has 2 N–H and O–H groups in total. The van der Waals surface area contributed by atoms with Crippen molar-refractivity contribution in [3.05, 3.63) is 0 Å². The Bertz CT molecular complexity index is 337. The largest absolute Gasteiger partial charge is 0.479 e. The van der Waals surface area contributed by atoms with Crippen LogP contribution in [0, 0.1) is 0 Å². The number of hydrogen-bond acceptors (Lipinski definition) is 6. The number of rotatable bonds is 7. The number of hydrogen-bond donors (Lipinski definition) is 2. The van der Waals surface area contributed by atoms with Gasteiger partial charge in [0.15, 0.2) is 5.54 Å². The fourth-order valence-electron chi connectivity index (χ4n) is 1.29. The number of carboxylic acid groups (broad SMARTS) is 1. The van der Waals surface area contributed by atoms with Crippen molar-refractivity contribution in [3.63, 3.8) is 0 Å². The lowest BCUT2D eigenvalue weighted by Gasteiger charge is -2.28. The minimum atomic E-state index is -2.15. The first-order chi connectivity index (χ1) is 8.81. The number of amides is 1. The second kappa shape index (κ2) is 7.57. The van der Waals surface area contributed by atoms with E-state index in [-0.39, 0.29) is 0 Å². The summed E-state index contributed by atoms with van der Waals surface area (Å²) in [6, 6.07) is 0. The number of carbonyl (C=O) groups excluding carboxylic acids is 3. The number of alkyl halides is 1. The predicted molar refractivity (Wildman–Crippen MR) is 62.5 cm³/mol. The Morgan fingerprint density at radius 2 is 1.53 bits per heavy atom. The number of carboxylic acids is 1. The summed E-state index contributed by atoms with van der Waals surface area (Å²) in [4.78, 5) is 45.1. The molecule has 0 radical (unpaired) electrons. The van der Waals surface area contributed by atoms with Crippen LogP contribution in [0.3, 0.4) is 0 Å². The van der Waals surface area contributed by atoms with E-state index in [0.29, 0.717) is 0 Å². The van der Waals surface area contributed by atoms with Crippen LogP contribution in [0.4, 0.5) is 0 Å². The van der Waals surface area contributed by atoms with Crippen molar-refractivity contribution in [3.8, 4) is 0 Å². The molecule has 1 amide bonds. The van der Waals surface area contributed by atoms with Crippen LogP contribution < -0.4 is 5.32 Å². The highest BCUT2D eigenvalue weighted by atomic mass is 35.5. The number of carbonyl (C=O) groups is 4. The smallest absolute Gasteiger partial charge is 0.330 e. The summed E-state index contributed by atoms with van der Waals surface area (Å²) < 4.78 is 8.70. The van der Waals surface area contributed by atoms with Gasteiger partial charge >= 0.3 is 17.9 Å². The quantitative estimate of drug-likeness (QED) is 0.470.